The van der Waals surface area contributed by atoms with E-state index in [0.717, 1.165) is 15.6 Å². The number of thiocarbonyl (C=S) groups is 1. The van der Waals surface area contributed by atoms with Crippen LogP contribution in [0, 0.1) is 0 Å². The zero-order chi connectivity index (χ0) is 18.5. The van der Waals surface area contributed by atoms with Crippen molar-refractivity contribution in [3.8, 4) is 11.5 Å². The first-order valence-corrected chi connectivity index (χ1v) is 9.24. The highest BCUT2D eigenvalue weighted by Gasteiger charge is 2.20. The molecule has 0 unspecified atom stereocenters. The first-order valence-electron chi connectivity index (χ1n) is 8.04. The summed E-state index contributed by atoms with van der Waals surface area (Å²) in [4.78, 5) is 11.8. The van der Waals surface area contributed by atoms with Crippen LogP contribution in [0.25, 0.3) is 6.08 Å². The Morgan fingerprint density at radius 3 is 2.58 bits per heavy atom. The Morgan fingerprint density at radius 2 is 1.92 bits per heavy atom. The Hall–Kier alpha value is -2.38. The molecule has 26 heavy (non-hydrogen) atoms. The highest BCUT2D eigenvalue weighted by atomic mass is 79.9. The predicted octanol–water partition coefficient (Wildman–Crippen LogP) is 3.77. The van der Waals surface area contributed by atoms with Gasteiger partial charge in [-0.2, -0.15) is 0 Å². The van der Waals surface area contributed by atoms with Crippen LogP contribution in [0.15, 0.2) is 52.6 Å². The van der Waals surface area contributed by atoms with Crippen LogP contribution in [0.5, 0.6) is 11.5 Å². The molecule has 5 nitrogen and oxygen atoms in total. The third-order valence-corrected chi connectivity index (χ3v) is 4.38. The quantitative estimate of drug-likeness (QED) is 0.537. The van der Waals surface area contributed by atoms with Crippen LogP contribution < -0.4 is 20.1 Å². The molecule has 1 fully saturated rings. The smallest absolute Gasteiger partial charge is 0.273 e. The van der Waals surface area contributed by atoms with Gasteiger partial charge in [0.05, 0.1) is 11.1 Å². The predicted molar refractivity (Wildman–Crippen MR) is 108 cm³/mol. The van der Waals surface area contributed by atoms with Crippen molar-refractivity contribution in [2.45, 2.75) is 13.5 Å². The van der Waals surface area contributed by atoms with Gasteiger partial charge >= 0.3 is 0 Å². The summed E-state index contributed by atoms with van der Waals surface area (Å²) in [5, 5.41) is 5.66. The molecule has 2 aromatic carbocycles. The zero-order valence-corrected chi connectivity index (χ0v) is 16.4. The maximum absolute atomic E-state index is 11.8. The van der Waals surface area contributed by atoms with Gasteiger partial charge in [-0.1, -0.05) is 30.3 Å². The molecule has 1 aliphatic rings. The first kappa shape index (κ1) is 18.4. The SMILES string of the molecule is CCOc1cc(/C=C2/NC(=S)NC2=O)cc(Br)c1OCc1ccccc1. The number of ether oxygens (including phenoxy) is 2. The molecule has 134 valence electrons. The van der Waals surface area contributed by atoms with Crippen LogP contribution in [0.4, 0.5) is 0 Å². The van der Waals surface area contributed by atoms with Gasteiger partial charge in [0.25, 0.3) is 5.91 Å². The number of rotatable bonds is 6. The van der Waals surface area contributed by atoms with E-state index in [0.29, 0.717) is 35.5 Å². The normalized spacial score (nSPS) is 14.9. The number of nitrogens with one attached hydrogen (secondary N) is 2. The number of hydrogen-bond donors (Lipinski definition) is 2. The summed E-state index contributed by atoms with van der Waals surface area (Å²) < 4.78 is 12.4. The summed E-state index contributed by atoms with van der Waals surface area (Å²) in [5.74, 6) is 0.969. The lowest BCUT2D eigenvalue weighted by Gasteiger charge is -2.15. The standard InChI is InChI=1S/C19H17BrN2O3S/c1-2-24-16-10-13(9-15-18(23)22-19(26)21-15)8-14(20)17(16)25-11-12-6-4-3-5-7-12/h3-10H,2,11H2,1H3,(H2,21,22,23,26)/b15-9+. The molecule has 0 atom stereocenters. The minimum Gasteiger partial charge on any atom is -0.490 e. The van der Waals surface area contributed by atoms with E-state index in [9.17, 15) is 4.79 Å². The van der Waals surface area contributed by atoms with Crippen LogP contribution in [0.3, 0.4) is 0 Å². The summed E-state index contributed by atoms with van der Waals surface area (Å²) >= 11 is 8.48. The third-order valence-electron chi connectivity index (χ3n) is 3.59. The summed E-state index contributed by atoms with van der Waals surface area (Å²) in [5.41, 5.74) is 2.24. The lowest BCUT2D eigenvalue weighted by molar-refractivity contribution is -0.115. The van der Waals surface area contributed by atoms with E-state index in [-0.39, 0.29) is 5.91 Å². The number of hydrogen-bond acceptors (Lipinski definition) is 4. The molecule has 2 N–H and O–H groups in total. The van der Waals surface area contributed by atoms with Crippen molar-refractivity contribution < 1.29 is 14.3 Å². The van der Waals surface area contributed by atoms with Crippen molar-refractivity contribution in [1.29, 1.82) is 0 Å². The van der Waals surface area contributed by atoms with Crippen molar-refractivity contribution >= 4 is 45.2 Å². The molecule has 7 heteroatoms. The summed E-state index contributed by atoms with van der Waals surface area (Å²) in [6, 6.07) is 13.6. The molecule has 0 aromatic heterocycles. The summed E-state index contributed by atoms with van der Waals surface area (Å²) in [7, 11) is 0. The molecule has 0 bridgehead atoms. The molecule has 1 heterocycles. The maximum atomic E-state index is 11.8. The Balaban J connectivity index is 1.87. The molecule has 1 saturated heterocycles. The third kappa shape index (κ3) is 4.42. The number of halogens is 1. The Morgan fingerprint density at radius 1 is 1.15 bits per heavy atom. The zero-order valence-electron chi connectivity index (χ0n) is 14.0. The highest BCUT2D eigenvalue weighted by molar-refractivity contribution is 9.10. The fourth-order valence-corrected chi connectivity index (χ4v) is 3.23. The van der Waals surface area contributed by atoms with Gasteiger partial charge in [0.15, 0.2) is 16.6 Å². The molecular weight excluding hydrogens is 416 g/mol. The maximum Gasteiger partial charge on any atom is 0.273 e. The van der Waals surface area contributed by atoms with E-state index in [4.69, 9.17) is 21.7 Å². The molecule has 1 aliphatic heterocycles. The Labute approximate surface area is 165 Å². The number of amides is 1. The van der Waals surface area contributed by atoms with Crippen LogP contribution in [0.2, 0.25) is 0 Å². The van der Waals surface area contributed by atoms with Crippen molar-refractivity contribution in [2.24, 2.45) is 0 Å². The number of carbonyl (C=O) groups excluding carboxylic acids is 1. The Kier molecular flexibility index (Phi) is 5.90. The molecular formula is C19H17BrN2O3S. The monoisotopic (exact) mass is 432 g/mol. The van der Waals surface area contributed by atoms with Gasteiger partial charge in [-0.25, -0.2) is 0 Å². The van der Waals surface area contributed by atoms with Crippen molar-refractivity contribution in [3.63, 3.8) is 0 Å². The summed E-state index contributed by atoms with van der Waals surface area (Å²) in [6.07, 6.45) is 1.71. The molecule has 1 amide bonds. The van der Waals surface area contributed by atoms with Gasteiger partial charge < -0.3 is 14.8 Å². The Bertz CT molecular complexity index is 869. The fourth-order valence-electron chi connectivity index (χ4n) is 2.45. The minimum absolute atomic E-state index is 0.256. The average molecular weight is 433 g/mol. The van der Waals surface area contributed by atoms with Crippen LogP contribution >= 0.6 is 28.1 Å². The van der Waals surface area contributed by atoms with E-state index in [1.165, 1.54) is 0 Å². The number of carbonyl (C=O) groups is 1. The highest BCUT2D eigenvalue weighted by Crippen LogP contribution is 2.38. The van der Waals surface area contributed by atoms with Crippen molar-refractivity contribution in [1.82, 2.24) is 10.6 Å². The van der Waals surface area contributed by atoms with Gasteiger partial charge in [-0.15, -0.1) is 0 Å². The molecule has 0 aliphatic carbocycles. The average Bonchev–Trinajstić information content (AvgIpc) is 2.92. The number of benzene rings is 2. The van der Waals surface area contributed by atoms with E-state index in [1.54, 1.807) is 6.08 Å². The second-order valence-corrected chi connectivity index (χ2v) is 6.77. The van der Waals surface area contributed by atoms with Crippen molar-refractivity contribution in [2.75, 3.05) is 6.61 Å². The molecule has 3 rings (SSSR count). The first-order chi connectivity index (χ1) is 12.6. The second-order valence-electron chi connectivity index (χ2n) is 5.50. The van der Waals surface area contributed by atoms with Gasteiger partial charge in [-0.3, -0.25) is 10.1 Å². The second kappa shape index (κ2) is 8.33. The lowest BCUT2D eigenvalue weighted by atomic mass is 10.1. The molecule has 2 aromatic rings. The largest absolute Gasteiger partial charge is 0.490 e. The fraction of sp³-hybridized carbons (Fsp3) is 0.158. The molecule has 0 saturated carbocycles. The van der Waals surface area contributed by atoms with E-state index in [1.807, 2.05) is 49.4 Å². The lowest BCUT2D eigenvalue weighted by Crippen LogP contribution is -2.21. The minimum atomic E-state index is -0.256. The molecule has 0 spiro atoms. The van der Waals surface area contributed by atoms with Gasteiger partial charge in [0.2, 0.25) is 0 Å². The van der Waals surface area contributed by atoms with Crippen molar-refractivity contribution in [3.05, 3.63) is 63.8 Å². The topological polar surface area (TPSA) is 59.6 Å². The van der Waals surface area contributed by atoms with E-state index in [2.05, 4.69) is 26.6 Å². The molecule has 0 radical (unpaired) electrons. The van der Waals surface area contributed by atoms with Gasteiger partial charge in [0, 0.05) is 0 Å². The van der Waals surface area contributed by atoms with E-state index >= 15 is 0 Å². The van der Waals surface area contributed by atoms with Crippen LogP contribution in [0.1, 0.15) is 18.1 Å². The van der Waals surface area contributed by atoms with Crippen LogP contribution in [-0.2, 0) is 11.4 Å². The van der Waals surface area contributed by atoms with Gasteiger partial charge in [-0.05, 0) is 64.4 Å². The van der Waals surface area contributed by atoms with Crippen LogP contribution in [-0.4, -0.2) is 17.6 Å². The van der Waals surface area contributed by atoms with E-state index < -0.39 is 0 Å². The van der Waals surface area contributed by atoms with Gasteiger partial charge in [0.1, 0.15) is 12.3 Å². The summed E-state index contributed by atoms with van der Waals surface area (Å²) in [6.45, 7) is 2.83.